The smallest absolute Gasteiger partial charge is 0.270 e. The zero-order chi connectivity index (χ0) is 24.7. The second-order valence-electron chi connectivity index (χ2n) is 9.47. The van der Waals surface area contributed by atoms with Crippen LogP contribution in [-0.4, -0.2) is 32.9 Å². The van der Waals surface area contributed by atoms with E-state index in [2.05, 4.69) is 39.9 Å². The number of phenolic OH excluding ortho intramolecular Hbond substituents is 2. The van der Waals surface area contributed by atoms with E-state index in [1.807, 2.05) is 6.07 Å². The summed E-state index contributed by atoms with van der Waals surface area (Å²) in [6, 6.07) is 10.8. The molecule has 5 rings (SSSR count). The van der Waals surface area contributed by atoms with E-state index in [0.717, 1.165) is 32.4 Å². The van der Waals surface area contributed by atoms with Crippen LogP contribution in [0.2, 0.25) is 0 Å². The first-order chi connectivity index (χ1) is 16.8. The second kappa shape index (κ2) is 8.75. The molecule has 35 heavy (non-hydrogen) atoms. The van der Waals surface area contributed by atoms with Gasteiger partial charge in [-0.05, 0) is 53.5 Å². The van der Waals surface area contributed by atoms with Gasteiger partial charge in [0.2, 0.25) is 11.8 Å². The van der Waals surface area contributed by atoms with Crippen molar-refractivity contribution >= 4 is 5.95 Å². The van der Waals surface area contributed by atoms with Crippen molar-refractivity contribution in [2.24, 2.45) is 18.2 Å². The maximum absolute atomic E-state index is 13.4. The lowest BCUT2D eigenvalue weighted by molar-refractivity contribution is 0.186. The van der Waals surface area contributed by atoms with Gasteiger partial charge in [-0.2, -0.15) is 4.39 Å². The van der Waals surface area contributed by atoms with Gasteiger partial charge in [0.15, 0.2) is 11.5 Å². The molecular formula is C27H27FN4O3. The van der Waals surface area contributed by atoms with E-state index in [-0.39, 0.29) is 29.0 Å². The number of phenols is 2. The molecule has 1 saturated heterocycles. The van der Waals surface area contributed by atoms with E-state index in [1.54, 1.807) is 7.05 Å². The maximum Gasteiger partial charge on any atom is 0.270 e. The van der Waals surface area contributed by atoms with E-state index in [4.69, 9.17) is 5.73 Å². The lowest BCUT2D eigenvalue weighted by Gasteiger charge is -2.42. The van der Waals surface area contributed by atoms with Crippen molar-refractivity contribution in [1.29, 1.82) is 0 Å². The molecule has 7 nitrogen and oxygen atoms in total. The zero-order valence-corrected chi connectivity index (χ0v) is 19.5. The summed E-state index contributed by atoms with van der Waals surface area (Å²) in [5, 5.41) is 19.0. The highest BCUT2D eigenvalue weighted by molar-refractivity contribution is 5.43. The van der Waals surface area contributed by atoms with Crippen LogP contribution in [0.25, 0.3) is 0 Å². The van der Waals surface area contributed by atoms with Crippen LogP contribution in [0.15, 0.2) is 47.4 Å². The van der Waals surface area contributed by atoms with Crippen LogP contribution >= 0.6 is 0 Å². The Morgan fingerprint density at radius 1 is 1.20 bits per heavy atom. The van der Waals surface area contributed by atoms with Crippen LogP contribution in [0.5, 0.6) is 11.5 Å². The molecule has 1 aliphatic heterocycles. The Labute approximate surface area is 202 Å². The van der Waals surface area contributed by atoms with Gasteiger partial charge in [0.05, 0.1) is 6.20 Å². The molecule has 0 saturated carbocycles. The minimum Gasteiger partial charge on any atom is -0.505 e. The highest BCUT2D eigenvalue weighted by Gasteiger charge is 2.46. The van der Waals surface area contributed by atoms with Gasteiger partial charge in [-0.25, -0.2) is 4.98 Å². The topological polar surface area (TPSA) is 105 Å². The van der Waals surface area contributed by atoms with E-state index >= 15 is 0 Å². The molecule has 1 fully saturated rings. The maximum atomic E-state index is 13.4. The van der Waals surface area contributed by atoms with Gasteiger partial charge in [-0.15, -0.1) is 0 Å². The third-order valence-electron chi connectivity index (χ3n) is 7.39. The molecule has 0 unspecified atom stereocenters. The Kier molecular flexibility index (Phi) is 5.73. The molecule has 8 heteroatoms. The summed E-state index contributed by atoms with van der Waals surface area (Å²) in [7, 11) is 1.69. The fourth-order valence-electron chi connectivity index (χ4n) is 5.37. The fourth-order valence-corrected chi connectivity index (χ4v) is 5.37. The van der Waals surface area contributed by atoms with Crippen LogP contribution < -0.4 is 16.2 Å². The Hall–Kier alpha value is -3.83. The van der Waals surface area contributed by atoms with E-state index in [0.29, 0.717) is 11.5 Å². The first-order valence-electron chi connectivity index (χ1n) is 11.6. The summed E-state index contributed by atoms with van der Waals surface area (Å²) in [6.45, 7) is 1.54. The highest BCUT2D eigenvalue weighted by Crippen LogP contribution is 2.50. The molecule has 2 heterocycles. The molecule has 1 spiro atoms. The number of benzene rings is 2. The van der Waals surface area contributed by atoms with Crippen molar-refractivity contribution in [3.8, 4) is 23.3 Å². The van der Waals surface area contributed by atoms with Gasteiger partial charge >= 0.3 is 0 Å². The molecule has 0 radical (unpaired) electrons. The van der Waals surface area contributed by atoms with Gasteiger partial charge in [0, 0.05) is 32.6 Å². The SMILES string of the molecule is Cn1c(N2CCC3(CC2)Cc2ccccc2[C@H]3N)ncc(C#CCc2cc(O)c(F)c(O)c2)c1=O. The molecule has 0 bridgehead atoms. The summed E-state index contributed by atoms with van der Waals surface area (Å²) < 4.78 is 14.9. The van der Waals surface area contributed by atoms with Crippen LogP contribution in [0.4, 0.5) is 10.3 Å². The molecule has 1 aliphatic carbocycles. The molecule has 0 amide bonds. The number of fused-ring (bicyclic) bond motifs is 1. The second-order valence-corrected chi connectivity index (χ2v) is 9.47. The highest BCUT2D eigenvalue weighted by atomic mass is 19.1. The quantitative estimate of drug-likeness (QED) is 0.494. The molecule has 3 aromatic rings. The number of halogens is 1. The van der Waals surface area contributed by atoms with Crippen LogP contribution in [0, 0.1) is 23.1 Å². The molecule has 2 aliphatic rings. The number of hydrogen-bond donors (Lipinski definition) is 3. The minimum atomic E-state index is -1.07. The monoisotopic (exact) mass is 474 g/mol. The Morgan fingerprint density at radius 3 is 2.57 bits per heavy atom. The van der Waals surface area contributed by atoms with E-state index < -0.39 is 17.3 Å². The van der Waals surface area contributed by atoms with Gasteiger partial charge in [-0.3, -0.25) is 9.36 Å². The predicted molar refractivity (Wildman–Crippen MR) is 131 cm³/mol. The minimum absolute atomic E-state index is 0.0280. The first-order valence-corrected chi connectivity index (χ1v) is 11.6. The van der Waals surface area contributed by atoms with Crippen molar-refractivity contribution in [2.45, 2.75) is 31.7 Å². The largest absolute Gasteiger partial charge is 0.505 e. The average molecular weight is 475 g/mol. The number of aromatic nitrogens is 2. The number of anilines is 1. The van der Waals surface area contributed by atoms with Crippen LogP contribution in [-0.2, 0) is 19.9 Å². The standard InChI is InChI=1S/C27H27FN4O3/c1-31-25(35)19(7-4-5-17-13-21(33)23(28)22(34)14-17)16-30-26(31)32-11-9-27(10-12-32)15-18-6-2-3-8-20(18)24(27)29/h2-3,6,8,13-14,16,24,33-34H,5,9-12,15,29H2,1H3/t24-/m1/s1. The average Bonchev–Trinajstić information content (AvgIpc) is 3.12. The number of piperidine rings is 1. The van der Waals surface area contributed by atoms with Crippen molar-refractivity contribution in [3.05, 3.63) is 81.0 Å². The van der Waals surface area contributed by atoms with Crippen molar-refractivity contribution in [2.75, 3.05) is 18.0 Å². The molecule has 1 atom stereocenters. The number of nitrogens with zero attached hydrogens (tertiary/aromatic N) is 3. The third-order valence-corrected chi connectivity index (χ3v) is 7.39. The molecule has 180 valence electrons. The van der Waals surface area contributed by atoms with Gasteiger partial charge < -0.3 is 20.8 Å². The van der Waals surface area contributed by atoms with Crippen molar-refractivity contribution in [1.82, 2.24) is 9.55 Å². The van der Waals surface area contributed by atoms with E-state index in [1.165, 1.54) is 34.0 Å². The van der Waals surface area contributed by atoms with Crippen LogP contribution in [0.1, 0.15) is 41.1 Å². The van der Waals surface area contributed by atoms with Gasteiger partial charge in [-0.1, -0.05) is 36.1 Å². The normalized spacial score (nSPS) is 18.3. The predicted octanol–water partition coefficient (Wildman–Crippen LogP) is 2.77. The summed E-state index contributed by atoms with van der Waals surface area (Å²) in [5.41, 5.74) is 9.74. The number of aromatic hydroxyl groups is 2. The lowest BCUT2D eigenvalue weighted by atomic mass is 9.73. The molecule has 2 aromatic carbocycles. The summed E-state index contributed by atoms with van der Waals surface area (Å²) in [5.74, 6) is 3.88. The Morgan fingerprint density at radius 2 is 1.89 bits per heavy atom. The van der Waals surface area contributed by atoms with E-state index in [9.17, 15) is 19.4 Å². The fraction of sp³-hybridized carbons (Fsp3) is 0.333. The molecule has 4 N–H and O–H groups in total. The number of hydrogen-bond acceptors (Lipinski definition) is 6. The summed E-state index contributed by atoms with van der Waals surface area (Å²) in [4.78, 5) is 19.6. The Balaban J connectivity index is 1.29. The van der Waals surface area contributed by atoms with Crippen molar-refractivity contribution < 1.29 is 14.6 Å². The summed E-state index contributed by atoms with van der Waals surface area (Å²) in [6.07, 6.45) is 4.45. The first kappa shape index (κ1) is 22.9. The summed E-state index contributed by atoms with van der Waals surface area (Å²) >= 11 is 0. The zero-order valence-electron chi connectivity index (χ0n) is 19.5. The number of nitrogens with two attached hydrogens (primary N) is 1. The molecule has 1 aromatic heterocycles. The lowest BCUT2D eigenvalue weighted by Crippen LogP contribution is -2.46. The van der Waals surface area contributed by atoms with Gasteiger partial charge in [0.25, 0.3) is 5.56 Å². The number of rotatable bonds is 2. The third kappa shape index (κ3) is 4.02. The van der Waals surface area contributed by atoms with Crippen molar-refractivity contribution in [3.63, 3.8) is 0 Å². The van der Waals surface area contributed by atoms with Gasteiger partial charge in [0.1, 0.15) is 5.56 Å². The molecular weight excluding hydrogens is 447 g/mol. The van der Waals surface area contributed by atoms with Crippen LogP contribution in [0.3, 0.4) is 0 Å². The Bertz CT molecular complexity index is 1390.